The number of guanidine groups is 1. The van der Waals surface area contributed by atoms with Crippen LogP contribution in [0.1, 0.15) is 19.3 Å². The van der Waals surface area contributed by atoms with E-state index in [1.807, 2.05) is 30.0 Å². The minimum atomic E-state index is -0.152. The van der Waals surface area contributed by atoms with E-state index in [2.05, 4.69) is 32.5 Å². The number of carbonyl (C=O) groups is 1. The Morgan fingerprint density at radius 2 is 1.91 bits per heavy atom. The van der Waals surface area contributed by atoms with Crippen LogP contribution in [0.15, 0.2) is 40.2 Å². The van der Waals surface area contributed by atoms with Crippen molar-refractivity contribution in [3.8, 4) is 0 Å². The summed E-state index contributed by atoms with van der Waals surface area (Å²) in [6, 6.07) is 10.3. The van der Waals surface area contributed by atoms with Crippen LogP contribution in [0, 0.1) is 0 Å². The molecule has 2 N–H and O–H groups in total. The normalized spacial score (nSPS) is 11.1. The summed E-state index contributed by atoms with van der Waals surface area (Å²) in [6.45, 7) is 1.64. The minimum Gasteiger partial charge on any atom is -0.469 e. The van der Waals surface area contributed by atoms with E-state index in [9.17, 15) is 4.79 Å². The third-order valence-electron chi connectivity index (χ3n) is 2.96. The van der Waals surface area contributed by atoms with Gasteiger partial charge < -0.3 is 15.4 Å². The molecule has 22 heavy (non-hydrogen) atoms. The number of hydrogen-bond donors (Lipinski definition) is 2. The summed E-state index contributed by atoms with van der Waals surface area (Å²) >= 11 is 1.81. The number of nitrogens with zero attached hydrogens (tertiary/aromatic N) is 1. The summed E-state index contributed by atoms with van der Waals surface area (Å²) in [5.74, 6) is 1.62. The van der Waals surface area contributed by atoms with Crippen molar-refractivity contribution in [2.24, 2.45) is 4.99 Å². The van der Waals surface area contributed by atoms with E-state index in [1.165, 1.54) is 12.0 Å². The summed E-state index contributed by atoms with van der Waals surface area (Å²) in [5.41, 5.74) is 0. The molecule has 0 spiro atoms. The topological polar surface area (TPSA) is 62.7 Å². The van der Waals surface area contributed by atoms with Crippen LogP contribution in [-0.2, 0) is 9.53 Å². The Morgan fingerprint density at radius 3 is 2.59 bits per heavy atom. The quantitative estimate of drug-likeness (QED) is 0.240. The molecular weight excluding hydrogens is 298 g/mol. The fraction of sp³-hybridized carbons (Fsp3) is 0.500. The van der Waals surface area contributed by atoms with Crippen molar-refractivity contribution >= 4 is 23.7 Å². The first-order valence-corrected chi connectivity index (χ1v) is 8.44. The summed E-state index contributed by atoms with van der Waals surface area (Å²) in [6.07, 6.45) is 2.20. The Kier molecular flexibility index (Phi) is 9.94. The van der Waals surface area contributed by atoms with Crippen LogP contribution in [0.4, 0.5) is 0 Å². The van der Waals surface area contributed by atoms with Gasteiger partial charge in [-0.1, -0.05) is 18.2 Å². The zero-order valence-electron chi connectivity index (χ0n) is 13.3. The van der Waals surface area contributed by atoms with Crippen molar-refractivity contribution in [1.29, 1.82) is 0 Å². The third-order valence-corrected chi connectivity index (χ3v) is 3.97. The molecule has 0 saturated carbocycles. The lowest BCUT2D eigenvalue weighted by Crippen LogP contribution is -2.38. The Morgan fingerprint density at radius 1 is 1.18 bits per heavy atom. The van der Waals surface area contributed by atoms with Gasteiger partial charge in [-0.15, -0.1) is 11.8 Å². The number of thioether (sulfide) groups is 1. The molecule has 1 rings (SSSR count). The SMILES string of the molecule is CN=C(NCCCCC(=O)OC)NCCSc1ccccc1. The summed E-state index contributed by atoms with van der Waals surface area (Å²) < 4.78 is 4.60. The number of methoxy groups -OCH3 is 1. The molecule has 0 aliphatic heterocycles. The second kappa shape index (κ2) is 11.9. The molecule has 122 valence electrons. The van der Waals surface area contributed by atoms with Crippen LogP contribution in [0.25, 0.3) is 0 Å². The first-order chi connectivity index (χ1) is 10.8. The maximum atomic E-state index is 11.0. The summed E-state index contributed by atoms with van der Waals surface area (Å²) in [4.78, 5) is 16.4. The number of carbonyl (C=O) groups excluding carboxylic acids is 1. The largest absolute Gasteiger partial charge is 0.469 e. The van der Waals surface area contributed by atoms with Crippen molar-refractivity contribution in [2.75, 3.05) is 33.0 Å². The molecule has 0 unspecified atom stereocenters. The Labute approximate surface area is 136 Å². The second-order valence-electron chi connectivity index (χ2n) is 4.62. The predicted molar refractivity (Wildman–Crippen MR) is 92.4 cm³/mol. The van der Waals surface area contributed by atoms with Crippen LogP contribution in [0.3, 0.4) is 0 Å². The number of esters is 1. The van der Waals surface area contributed by atoms with Gasteiger partial charge in [0, 0.05) is 37.2 Å². The Balaban J connectivity index is 2.06. The third kappa shape index (κ3) is 8.56. The smallest absolute Gasteiger partial charge is 0.305 e. The van der Waals surface area contributed by atoms with Gasteiger partial charge in [0.1, 0.15) is 0 Å². The Hall–Kier alpha value is -1.69. The maximum Gasteiger partial charge on any atom is 0.305 e. The highest BCUT2D eigenvalue weighted by molar-refractivity contribution is 7.99. The maximum absolute atomic E-state index is 11.0. The molecule has 0 saturated heterocycles. The molecule has 0 atom stereocenters. The van der Waals surface area contributed by atoms with Crippen molar-refractivity contribution in [2.45, 2.75) is 24.2 Å². The zero-order chi connectivity index (χ0) is 16.0. The van der Waals surface area contributed by atoms with Crippen molar-refractivity contribution in [3.63, 3.8) is 0 Å². The lowest BCUT2D eigenvalue weighted by Gasteiger charge is -2.11. The summed E-state index contributed by atoms with van der Waals surface area (Å²) in [7, 11) is 3.17. The van der Waals surface area contributed by atoms with E-state index in [1.54, 1.807) is 7.05 Å². The average molecular weight is 323 g/mol. The molecule has 0 bridgehead atoms. The highest BCUT2D eigenvalue weighted by atomic mass is 32.2. The van der Waals surface area contributed by atoms with Crippen LogP contribution in [0.2, 0.25) is 0 Å². The molecule has 0 aromatic heterocycles. The number of unbranched alkanes of at least 4 members (excludes halogenated alkanes) is 1. The van der Waals surface area contributed by atoms with Crippen molar-refractivity contribution in [3.05, 3.63) is 30.3 Å². The van der Waals surface area contributed by atoms with Crippen molar-refractivity contribution in [1.82, 2.24) is 10.6 Å². The first kappa shape index (κ1) is 18.4. The first-order valence-electron chi connectivity index (χ1n) is 7.45. The van der Waals surface area contributed by atoms with E-state index < -0.39 is 0 Å². The van der Waals surface area contributed by atoms with Gasteiger partial charge in [-0.3, -0.25) is 9.79 Å². The van der Waals surface area contributed by atoms with E-state index in [0.29, 0.717) is 6.42 Å². The Bertz CT molecular complexity index is 452. The van der Waals surface area contributed by atoms with Gasteiger partial charge in [-0.05, 0) is 25.0 Å². The minimum absolute atomic E-state index is 0.152. The van der Waals surface area contributed by atoms with Gasteiger partial charge in [0.05, 0.1) is 7.11 Å². The molecular formula is C16H25N3O2S. The zero-order valence-corrected chi connectivity index (χ0v) is 14.1. The highest BCUT2D eigenvalue weighted by Crippen LogP contribution is 2.15. The predicted octanol–water partition coefficient (Wildman–Crippen LogP) is 2.29. The molecule has 6 heteroatoms. The molecule has 1 aromatic carbocycles. The van der Waals surface area contributed by atoms with Gasteiger partial charge in [0.25, 0.3) is 0 Å². The number of benzene rings is 1. The molecule has 0 aliphatic carbocycles. The van der Waals surface area contributed by atoms with E-state index in [4.69, 9.17) is 0 Å². The molecule has 5 nitrogen and oxygen atoms in total. The van der Waals surface area contributed by atoms with Gasteiger partial charge in [-0.2, -0.15) is 0 Å². The average Bonchev–Trinajstić information content (AvgIpc) is 2.57. The number of aliphatic imine (C=N–C) groups is 1. The van der Waals surface area contributed by atoms with E-state index in [-0.39, 0.29) is 5.97 Å². The van der Waals surface area contributed by atoms with Crippen LogP contribution >= 0.6 is 11.8 Å². The number of nitrogens with one attached hydrogen (secondary N) is 2. The second-order valence-corrected chi connectivity index (χ2v) is 5.79. The lowest BCUT2D eigenvalue weighted by molar-refractivity contribution is -0.140. The van der Waals surface area contributed by atoms with Crippen LogP contribution in [0.5, 0.6) is 0 Å². The molecule has 0 fully saturated rings. The highest BCUT2D eigenvalue weighted by Gasteiger charge is 2.00. The number of ether oxygens (including phenoxy) is 1. The molecule has 0 radical (unpaired) electrons. The number of rotatable bonds is 9. The van der Waals surface area contributed by atoms with Crippen LogP contribution in [-0.4, -0.2) is 44.9 Å². The standard InChI is InChI=1S/C16H25N3O2S/c1-17-16(18-11-7-6-10-15(20)21-2)19-12-13-22-14-8-4-3-5-9-14/h3-5,8-9H,6-7,10-13H2,1-2H3,(H2,17,18,19). The monoisotopic (exact) mass is 323 g/mol. The molecule has 0 amide bonds. The van der Waals surface area contributed by atoms with Gasteiger partial charge in [-0.25, -0.2) is 0 Å². The van der Waals surface area contributed by atoms with Gasteiger partial charge in [0.2, 0.25) is 0 Å². The molecule has 0 aliphatic rings. The summed E-state index contributed by atoms with van der Waals surface area (Å²) in [5, 5.41) is 6.51. The van der Waals surface area contributed by atoms with Gasteiger partial charge >= 0.3 is 5.97 Å². The fourth-order valence-electron chi connectivity index (χ4n) is 1.78. The van der Waals surface area contributed by atoms with Gasteiger partial charge in [0.15, 0.2) is 5.96 Å². The molecule has 0 heterocycles. The molecule has 1 aromatic rings. The van der Waals surface area contributed by atoms with E-state index >= 15 is 0 Å². The van der Waals surface area contributed by atoms with E-state index in [0.717, 1.165) is 37.6 Å². The lowest BCUT2D eigenvalue weighted by atomic mass is 10.2. The van der Waals surface area contributed by atoms with Crippen molar-refractivity contribution < 1.29 is 9.53 Å². The number of hydrogen-bond acceptors (Lipinski definition) is 4. The fourth-order valence-corrected chi connectivity index (χ4v) is 2.57. The van der Waals surface area contributed by atoms with Crippen LogP contribution < -0.4 is 10.6 Å².